The zero-order valence-electron chi connectivity index (χ0n) is 11.2. The summed E-state index contributed by atoms with van der Waals surface area (Å²) in [7, 11) is 3.37. The van der Waals surface area contributed by atoms with Crippen LogP contribution in [0.15, 0.2) is 24.4 Å². The average Bonchev–Trinajstić information content (AvgIpc) is 2.82. The van der Waals surface area contributed by atoms with Crippen molar-refractivity contribution in [1.29, 1.82) is 0 Å². The number of hydrogen-bond donors (Lipinski definition) is 1. The highest BCUT2D eigenvalue weighted by molar-refractivity contribution is 7.11. The first-order chi connectivity index (χ1) is 9.13. The zero-order chi connectivity index (χ0) is 13.8. The van der Waals surface area contributed by atoms with Crippen LogP contribution in [0.1, 0.15) is 21.5 Å². The van der Waals surface area contributed by atoms with Crippen LogP contribution in [0.3, 0.4) is 0 Å². The fourth-order valence-corrected chi connectivity index (χ4v) is 2.85. The molecule has 2 aromatic rings. The summed E-state index contributed by atoms with van der Waals surface area (Å²) in [6, 6.07) is 5.23. The minimum absolute atomic E-state index is 0.152. The maximum atomic E-state index is 13.7. The summed E-state index contributed by atoms with van der Waals surface area (Å²) < 4.78 is 18.6. The average molecular weight is 280 g/mol. The number of aromatic nitrogens is 1. The van der Waals surface area contributed by atoms with Gasteiger partial charge in [0.25, 0.3) is 0 Å². The molecule has 0 fully saturated rings. The van der Waals surface area contributed by atoms with Crippen LogP contribution in [0.2, 0.25) is 0 Å². The van der Waals surface area contributed by atoms with Crippen molar-refractivity contribution in [2.45, 2.75) is 19.4 Å². The predicted octanol–water partition coefficient (Wildman–Crippen LogP) is 3.10. The van der Waals surface area contributed by atoms with E-state index in [1.165, 1.54) is 13.2 Å². The molecule has 102 valence electrons. The van der Waals surface area contributed by atoms with E-state index >= 15 is 0 Å². The largest absolute Gasteiger partial charge is 0.494 e. The van der Waals surface area contributed by atoms with Crippen LogP contribution in [0.25, 0.3) is 0 Å². The van der Waals surface area contributed by atoms with Crippen LogP contribution >= 0.6 is 11.3 Å². The molecular weight excluding hydrogens is 263 g/mol. The highest BCUT2D eigenvalue weighted by Crippen LogP contribution is 2.25. The Bertz CT molecular complexity index is 556. The molecule has 1 heterocycles. The van der Waals surface area contributed by atoms with Gasteiger partial charge in [0, 0.05) is 17.1 Å². The number of thiazole rings is 1. The number of methoxy groups -OCH3 is 1. The Morgan fingerprint density at radius 2 is 2.26 bits per heavy atom. The molecule has 5 heteroatoms. The zero-order valence-corrected chi connectivity index (χ0v) is 12.1. The Morgan fingerprint density at radius 3 is 2.79 bits per heavy atom. The van der Waals surface area contributed by atoms with E-state index in [1.807, 2.05) is 26.2 Å². The van der Waals surface area contributed by atoms with Crippen LogP contribution in [0.4, 0.5) is 4.39 Å². The van der Waals surface area contributed by atoms with Crippen molar-refractivity contribution < 1.29 is 9.13 Å². The molecule has 1 aromatic heterocycles. The summed E-state index contributed by atoms with van der Waals surface area (Å²) in [6.45, 7) is 1.98. The van der Waals surface area contributed by atoms with E-state index in [4.69, 9.17) is 4.74 Å². The van der Waals surface area contributed by atoms with E-state index in [1.54, 1.807) is 17.4 Å². The Kier molecular flexibility index (Phi) is 4.50. The van der Waals surface area contributed by atoms with Gasteiger partial charge in [0.1, 0.15) is 0 Å². The normalized spacial score (nSPS) is 12.4. The van der Waals surface area contributed by atoms with Gasteiger partial charge in [-0.25, -0.2) is 9.37 Å². The molecule has 0 aliphatic carbocycles. The molecule has 0 amide bonds. The second kappa shape index (κ2) is 6.12. The number of halogens is 1. The number of likely N-dealkylation sites (N-methyl/N-ethyl adjacent to an activating group) is 1. The molecule has 0 saturated carbocycles. The van der Waals surface area contributed by atoms with E-state index in [-0.39, 0.29) is 17.6 Å². The summed E-state index contributed by atoms with van der Waals surface area (Å²) in [6.07, 6.45) is 2.60. The van der Waals surface area contributed by atoms with Crippen molar-refractivity contribution in [1.82, 2.24) is 10.3 Å². The van der Waals surface area contributed by atoms with Gasteiger partial charge < -0.3 is 10.1 Å². The molecule has 1 aromatic carbocycles. The maximum Gasteiger partial charge on any atom is 0.165 e. The van der Waals surface area contributed by atoms with Gasteiger partial charge in [0.2, 0.25) is 0 Å². The third-order valence-corrected chi connectivity index (χ3v) is 4.01. The SMILES string of the molecule is CNC(Cc1ccc(OC)c(F)c1)c1cnc(C)s1. The fourth-order valence-electron chi connectivity index (χ4n) is 1.96. The highest BCUT2D eigenvalue weighted by atomic mass is 32.1. The van der Waals surface area contributed by atoms with Gasteiger partial charge in [-0.05, 0) is 38.1 Å². The molecule has 0 radical (unpaired) electrons. The number of aryl methyl sites for hydroxylation is 1. The van der Waals surface area contributed by atoms with Gasteiger partial charge in [-0.1, -0.05) is 6.07 Å². The van der Waals surface area contributed by atoms with Gasteiger partial charge in [-0.3, -0.25) is 0 Å². The Hall–Kier alpha value is -1.46. The second-order valence-corrected chi connectivity index (χ2v) is 5.56. The van der Waals surface area contributed by atoms with Gasteiger partial charge in [-0.15, -0.1) is 11.3 Å². The second-order valence-electron chi connectivity index (χ2n) is 4.30. The van der Waals surface area contributed by atoms with E-state index in [0.29, 0.717) is 0 Å². The van der Waals surface area contributed by atoms with E-state index in [2.05, 4.69) is 10.3 Å². The molecule has 1 atom stereocenters. The molecule has 1 unspecified atom stereocenters. The van der Waals surface area contributed by atoms with E-state index < -0.39 is 0 Å². The molecular formula is C14H17FN2OS. The first kappa shape index (κ1) is 14.0. The van der Waals surface area contributed by atoms with Gasteiger partial charge in [0.05, 0.1) is 12.1 Å². The molecule has 3 nitrogen and oxygen atoms in total. The Balaban J connectivity index is 2.16. The first-order valence-corrected chi connectivity index (χ1v) is 6.87. The topological polar surface area (TPSA) is 34.1 Å². The lowest BCUT2D eigenvalue weighted by molar-refractivity contribution is 0.386. The lowest BCUT2D eigenvalue weighted by Crippen LogP contribution is -2.17. The number of hydrogen-bond acceptors (Lipinski definition) is 4. The van der Waals surface area contributed by atoms with Crippen molar-refractivity contribution >= 4 is 11.3 Å². The van der Waals surface area contributed by atoms with E-state index in [0.717, 1.165) is 21.9 Å². The lowest BCUT2D eigenvalue weighted by Gasteiger charge is -2.14. The molecule has 0 bridgehead atoms. The van der Waals surface area contributed by atoms with Crippen LogP contribution in [-0.4, -0.2) is 19.1 Å². The van der Waals surface area contributed by atoms with Crippen LogP contribution in [-0.2, 0) is 6.42 Å². The molecule has 0 aliphatic rings. The van der Waals surface area contributed by atoms with Crippen LogP contribution < -0.4 is 10.1 Å². The third kappa shape index (κ3) is 3.30. The molecule has 1 N–H and O–H groups in total. The summed E-state index contributed by atoms with van der Waals surface area (Å²) in [4.78, 5) is 5.42. The van der Waals surface area contributed by atoms with Crippen molar-refractivity contribution in [3.05, 3.63) is 45.7 Å². The Morgan fingerprint density at radius 1 is 1.47 bits per heavy atom. The number of nitrogens with zero attached hydrogens (tertiary/aromatic N) is 1. The summed E-state index contributed by atoms with van der Waals surface area (Å²) in [5.41, 5.74) is 0.934. The number of benzene rings is 1. The lowest BCUT2D eigenvalue weighted by atomic mass is 10.0. The minimum Gasteiger partial charge on any atom is -0.494 e. The van der Waals surface area contributed by atoms with Crippen molar-refractivity contribution in [2.75, 3.05) is 14.2 Å². The van der Waals surface area contributed by atoms with Crippen molar-refractivity contribution in [3.8, 4) is 5.75 Å². The standard InChI is InChI=1S/C14H17FN2OS/c1-9-17-8-14(19-9)12(16-2)7-10-4-5-13(18-3)11(15)6-10/h4-6,8,12,16H,7H2,1-3H3. The van der Waals surface area contributed by atoms with Crippen molar-refractivity contribution in [3.63, 3.8) is 0 Å². The number of nitrogens with one attached hydrogen (secondary N) is 1. The third-order valence-electron chi connectivity index (χ3n) is 2.99. The monoisotopic (exact) mass is 280 g/mol. The fraction of sp³-hybridized carbons (Fsp3) is 0.357. The first-order valence-electron chi connectivity index (χ1n) is 6.06. The van der Waals surface area contributed by atoms with Crippen LogP contribution in [0, 0.1) is 12.7 Å². The van der Waals surface area contributed by atoms with Gasteiger partial charge in [-0.2, -0.15) is 0 Å². The molecule has 2 rings (SSSR count). The minimum atomic E-state index is -0.324. The van der Waals surface area contributed by atoms with Gasteiger partial charge in [0.15, 0.2) is 11.6 Å². The molecule has 0 aliphatic heterocycles. The summed E-state index contributed by atoms with van der Waals surface area (Å²) >= 11 is 1.66. The van der Waals surface area contributed by atoms with E-state index in [9.17, 15) is 4.39 Å². The number of ether oxygens (including phenoxy) is 1. The summed E-state index contributed by atoms with van der Waals surface area (Å²) in [5, 5.41) is 4.28. The molecule has 19 heavy (non-hydrogen) atoms. The van der Waals surface area contributed by atoms with Crippen LogP contribution in [0.5, 0.6) is 5.75 Å². The van der Waals surface area contributed by atoms with Crippen molar-refractivity contribution in [2.24, 2.45) is 0 Å². The molecule has 0 spiro atoms. The molecule has 0 saturated heterocycles. The quantitative estimate of drug-likeness (QED) is 0.914. The number of rotatable bonds is 5. The Labute approximate surface area is 116 Å². The van der Waals surface area contributed by atoms with Gasteiger partial charge >= 0.3 is 0 Å². The smallest absolute Gasteiger partial charge is 0.165 e. The maximum absolute atomic E-state index is 13.7. The summed E-state index contributed by atoms with van der Waals surface area (Å²) in [5.74, 6) is -0.0475. The highest BCUT2D eigenvalue weighted by Gasteiger charge is 2.14. The predicted molar refractivity (Wildman–Crippen MR) is 75.3 cm³/mol.